The molecule has 1 aliphatic heterocycles. The highest BCUT2D eigenvalue weighted by molar-refractivity contribution is 7.90. The molecule has 2 rings (SSSR count). The average Bonchev–Trinajstić information content (AvgIpc) is 2.83. The molecule has 0 aromatic heterocycles. The van der Waals surface area contributed by atoms with E-state index in [2.05, 4.69) is 15.0 Å². The van der Waals surface area contributed by atoms with Crippen molar-refractivity contribution in [2.75, 3.05) is 6.54 Å². The van der Waals surface area contributed by atoms with Gasteiger partial charge < -0.3 is 11.1 Å². The highest BCUT2D eigenvalue weighted by Gasteiger charge is 2.30. The molecular weight excluding hydrogens is 376 g/mol. The molecule has 0 spiro atoms. The first-order valence-corrected chi connectivity index (χ1v) is 9.94. The molecule has 0 radical (unpaired) electrons. The first-order valence-electron chi connectivity index (χ1n) is 8.46. The van der Waals surface area contributed by atoms with E-state index in [9.17, 15) is 13.2 Å². The highest BCUT2D eigenvalue weighted by Crippen LogP contribution is 2.22. The summed E-state index contributed by atoms with van der Waals surface area (Å²) < 4.78 is 26.6. The molecular formula is C17H27ClN4O3S. The molecule has 0 fully saturated rings. The molecule has 0 bridgehead atoms. The molecule has 1 unspecified atom stereocenters. The monoisotopic (exact) mass is 402 g/mol. The normalized spacial score (nSPS) is 17.8. The van der Waals surface area contributed by atoms with Gasteiger partial charge in [0.15, 0.2) is 0 Å². The number of carbonyl (C=O) groups is 1. The predicted molar refractivity (Wildman–Crippen MR) is 105 cm³/mol. The van der Waals surface area contributed by atoms with Crippen LogP contribution in [-0.4, -0.2) is 38.3 Å². The van der Waals surface area contributed by atoms with Crippen LogP contribution in [0.15, 0.2) is 34.2 Å². The minimum atomic E-state index is -3.56. The van der Waals surface area contributed by atoms with Crippen LogP contribution in [0.25, 0.3) is 0 Å². The van der Waals surface area contributed by atoms with Crippen LogP contribution in [0.5, 0.6) is 0 Å². The number of hydrogen-bond acceptors (Lipinski definition) is 5. The first-order chi connectivity index (χ1) is 11.7. The van der Waals surface area contributed by atoms with E-state index in [4.69, 9.17) is 5.73 Å². The molecule has 26 heavy (non-hydrogen) atoms. The number of fused-ring (bicyclic) bond motifs is 1. The van der Waals surface area contributed by atoms with Gasteiger partial charge in [0, 0.05) is 24.1 Å². The number of halogens is 1. The van der Waals surface area contributed by atoms with Crippen molar-refractivity contribution in [3.8, 4) is 0 Å². The van der Waals surface area contributed by atoms with Crippen molar-refractivity contribution in [1.29, 1.82) is 0 Å². The zero-order valence-corrected chi connectivity index (χ0v) is 16.9. The number of nitrogens with two attached hydrogens (primary N) is 1. The summed E-state index contributed by atoms with van der Waals surface area (Å²) in [7, 11) is -3.56. The quantitative estimate of drug-likeness (QED) is 0.642. The average molecular weight is 403 g/mol. The van der Waals surface area contributed by atoms with E-state index in [1.165, 1.54) is 6.07 Å². The lowest BCUT2D eigenvalue weighted by Gasteiger charge is -2.27. The van der Waals surface area contributed by atoms with Gasteiger partial charge in [-0.1, -0.05) is 26.0 Å². The molecule has 1 aliphatic rings. The van der Waals surface area contributed by atoms with Crippen LogP contribution in [0.2, 0.25) is 0 Å². The van der Waals surface area contributed by atoms with Crippen LogP contribution >= 0.6 is 12.4 Å². The molecule has 0 saturated heterocycles. The minimum Gasteiger partial charge on any atom is -0.354 e. The van der Waals surface area contributed by atoms with Crippen molar-refractivity contribution < 1.29 is 13.2 Å². The fraction of sp³-hybridized carbons (Fsp3) is 0.529. The van der Waals surface area contributed by atoms with Crippen molar-refractivity contribution in [2.24, 2.45) is 10.7 Å². The molecule has 0 aliphatic carbocycles. The van der Waals surface area contributed by atoms with Crippen molar-refractivity contribution in [1.82, 2.24) is 10.0 Å². The number of hydrogen-bond donors (Lipinski definition) is 3. The number of carbonyl (C=O) groups excluding carboxylic acids is 1. The van der Waals surface area contributed by atoms with Gasteiger partial charge in [0.25, 0.3) is 10.0 Å². The predicted octanol–water partition coefficient (Wildman–Crippen LogP) is 1.56. The lowest BCUT2D eigenvalue weighted by molar-refractivity contribution is -0.121. The van der Waals surface area contributed by atoms with E-state index in [1.54, 1.807) is 25.1 Å². The summed E-state index contributed by atoms with van der Waals surface area (Å²) in [6.45, 7) is 6.18. The Bertz CT molecular complexity index is 776. The number of benzene rings is 1. The van der Waals surface area contributed by atoms with Crippen LogP contribution in [0.1, 0.15) is 45.6 Å². The Morgan fingerprint density at radius 1 is 1.31 bits per heavy atom. The van der Waals surface area contributed by atoms with E-state index < -0.39 is 15.6 Å². The van der Waals surface area contributed by atoms with Gasteiger partial charge in [-0.25, -0.2) is 8.42 Å². The third-order valence-electron chi connectivity index (χ3n) is 4.54. The van der Waals surface area contributed by atoms with Gasteiger partial charge in [-0.05, 0) is 31.9 Å². The van der Waals surface area contributed by atoms with Crippen LogP contribution in [0, 0.1) is 0 Å². The van der Waals surface area contributed by atoms with Gasteiger partial charge in [-0.2, -0.15) is 0 Å². The van der Waals surface area contributed by atoms with Gasteiger partial charge in [0.05, 0.1) is 10.9 Å². The van der Waals surface area contributed by atoms with E-state index in [1.807, 2.05) is 13.8 Å². The summed E-state index contributed by atoms with van der Waals surface area (Å²) in [5.41, 5.74) is 6.31. The Morgan fingerprint density at radius 3 is 2.54 bits per heavy atom. The molecule has 1 aromatic rings. The number of aliphatic imine (C=N–C) groups is 1. The van der Waals surface area contributed by atoms with E-state index in [0.717, 1.165) is 12.8 Å². The van der Waals surface area contributed by atoms with Crippen molar-refractivity contribution in [2.45, 2.75) is 56.5 Å². The summed E-state index contributed by atoms with van der Waals surface area (Å²) in [5, 5.41) is 2.84. The Kier molecular flexibility index (Phi) is 7.61. The minimum absolute atomic E-state index is 0. The number of amides is 1. The molecule has 7 nitrogen and oxygen atoms in total. The van der Waals surface area contributed by atoms with Crippen LogP contribution in [-0.2, 0) is 14.8 Å². The van der Waals surface area contributed by atoms with Crippen molar-refractivity contribution in [3.63, 3.8) is 0 Å². The Hall–Kier alpha value is -1.64. The number of rotatable bonds is 7. The van der Waals surface area contributed by atoms with E-state index in [-0.39, 0.29) is 41.5 Å². The second kappa shape index (κ2) is 8.83. The van der Waals surface area contributed by atoms with Crippen LogP contribution < -0.4 is 15.8 Å². The molecule has 146 valence electrons. The Balaban J connectivity index is 0.00000338. The van der Waals surface area contributed by atoms with Crippen LogP contribution in [0.3, 0.4) is 0 Å². The lowest BCUT2D eigenvalue weighted by atomic mass is 9.94. The molecule has 4 N–H and O–H groups in total. The second-order valence-corrected chi connectivity index (χ2v) is 8.13. The molecule has 0 saturated carbocycles. The smallest absolute Gasteiger partial charge is 0.263 e. The Labute approximate surface area is 161 Å². The van der Waals surface area contributed by atoms with Crippen molar-refractivity contribution in [3.05, 3.63) is 29.8 Å². The Morgan fingerprint density at radius 2 is 1.92 bits per heavy atom. The molecule has 1 heterocycles. The summed E-state index contributed by atoms with van der Waals surface area (Å²) in [6, 6.07) is 6.29. The number of amidine groups is 1. The van der Waals surface area contributed by atoms with E-state index in [0.29, 0.717) is 12.1 Å². The number of nitrogens with zero attached hydrogens (tertiary/aromatic N) is 1. The molecule has 9 heteroatoms. The molecule has 1 amide bonds. The van der Waals surface area contributed by atoms with Gasteiger partial charge in [-0.3, -0.25) is 14.5 Å². The zero-order valence-electron chi connectivity index (χ0n) is 15.3. The maximum atomic E-state index is 12.1. The van der Waals surface area contributed by atoms with Crippen molar-refractivity contribution >= 4 is 34.2 Å². The van der Waals surface area contributed by atoms with Gasteiger partial charge in [-0.15, -0.1) is 12.4 Å². The fourth-order valence-electron chi connectivity index (χ4n) is 2.61. The standard InChI is InChI=1S/C17H26N4O3S.ClH/c1-4-17(18,5-2)11-19-15(22)10-12(3)20-16-13-8-6-7-9-14(13)25(23,24)21-16;/h6-9,12H,4-5,10-11,18H2,1-3H3,(H,19,22)(H,20,21);1H. The number of sulfonamides is 1. The molecule has 1 atom stereocenters. The zero-order chi connectivity index (χ0) is 18.7. The summed E-state index contributed by atoms with van der Waals surface area (Å²) in [5.74, 6) is 0.133. The lowest BCUT2D eigenvalue weighted by Crippen LogP contribution is -2.49. The maximum Gasteiger partial charge on any atom is 0.263 e. The summed E-state index contributed by atoms with van der Waals surface area (Å²) in [4.78, 5) is 16.7. The van der Waals surface area contributed by atoms with Gasteiger partial charge in [0.1, 0.15) is 5.84 Å². The largest absolute Gasteiger partial charge is 0.354 e. The third-order valence-corrected chi connectivity index (χ3v) is 5.94. The fourth-order valence-corrected chi connectivity index (χ4v) is 3.85. The van der Waals surface area contributed by atoms with Gasteiger partial charge in [0.2, 0.25) is 5.91 Å². The van der Waals surface area contributed by atoms with E-state index >= 15 is 0 Å². The summed E-state index contributed by atoms with van der Waals surface area (Å²) in [6.07, 6.45) is 1.72. The SMILES string of the molecule is CCC(N)(CC)CNC(=O)CC(C)N=C1NS(=O)(=O)c2ccccc21.Cl. The second-order valence-electron chi connectivity index (χ2n) is 6.48. The highest BCUT2D eigenvalue weighted by atomic mass is 35.5. The maximum absolute atomic E-state index is 12.1. The third kappa shape index (κ3) is 5.18. The number of nitrogens with one attached hydrogen (secondary N) is 2. The summed E-state index contributed by atoms with van der Waals surface area (Å²) >= 11 is 0. The van der Waals surface area contributed by atoms with Gasteiger partial charge >= 0.3 is 0 Å². The first kappa shape index (κ1) is 22.4. The molecule has 1 aromatic carbocycles. The van der Waals surface area contributed by atoms with Crippen LogP contribution in [0.4, 0.5) is 0 Å². The topological polar surface area (TPSA) is 114 Å².